The van der Waals surface area contributed by atoms with Crippen molar-refractivity contribution in [3.05, 3.63) is 59.7 Å². The van der Waals surface area contributed by atoms with E-state index >= 15 is 0 Å². The van der Waals surface area contributed by atoms with Crippen molar-refractivity contribution >= 4 is 21.9 Å². The van der Waals surface area contributed by atoms with Crippen molar-refractivity contribution in [2.75, 3.05) is 0 Å². The summed E-state index contributed by atoms with van der Waals surface area (Å²) in [4.78, 5) is 4.40. The number of rotatable bonds is 4. The minimum Gasteiger partial charge on any atom is -0.256 e. The van der Waals surface area contributed by atoms with E-state index in [-0.39, 0.29) is 4.90 Å². The second kappa shape index (κ2) is 6.20. The second-order valence-electron chi connectivity index (χ2n) is 5.12. The third-order valence-electron chi connectivity index (χ3n) is 3.13. The highest BCUT2D eigenvalue weighted by atomic mass is 32.2. The maximum atomic E-state index is 11.1. The third kappa shape index (κ3) is 4.24. The molecule has 2 aromatic carbocycles. The average molecular weight is 302 g/mol. The van der Waals surface area contributed by atoms with E-state index in [0.717, 1.165) is 5.56 Å². The lowest BCUT2D eigenvalue weighted by Crippen LogP contribution is -2.11. The fourth-order valence-corrected chi connectivity index (χ4v) is 2.35. The first kappa shape index (κ1) is 15.4. The highest BCUT2D eigenvalue weighted by Gasteiger charge is 2.05. The van der Waals surface area contributed by atoms with E-state index in [1.165, 1.54) is 17.7 Å². The number of aliphatic imine (C=N–C) groups is 1. The fraction of sp³-hybridized carbons (Fsp3) is 0.188. The highest BCUT2D eigenvalue weighted by Crippen LogP contribution is 2.17. The number of hydrogen-bond donors (Lipinski definition) is 1. The standard InChI is InChI=1S/C16H18N2O2S/c1-12(2)14-5-3-13(4-6-14)11-18-15-7-9-16(10-8-15)21(17,19)20/h3-12H,1-2H3,(H2,17,19,20)/b18-11+. The largest absolute Gasteiger partial charge is 0.256 e. The quantitative estimate of drug-likeness (QED) is 0.881. The molecule has 0 saturated carbocycles. The molecule has 0 saturated heterocycles. The molecule has 21 heavy (non-hydrogen) atoms. The Morgan fingerprint density at radius 1 is 1.00 bits per heavy atom. The van der Waals surface area contributed by atoms with Crippen LogP contribution >= 0.6 is 0 Å². The van der Waals surface area contributed by atoms with Crippen LogP contribution in [0.25, 0.3) is 0 Å². The van der Waals surface area contributed by atoms with Gasteiger partial charge in [0.15, 0.2) is 0 Å². The number of hydrogen-bond acceptors (Lipinski definition) is 3. The lowest BCUT2D eigenvalue weighted by molar-refractivity contribution is 0.598. The van der Waals surface area contributed by atoms with Crippen LogP contribution in [0.4, 0.5) is 5.69 Å². The summed E-state index contributed by atoms with van der Waals surface area (Å²) in [6, 6.07) is 14.3. The molecule has 2 N–H and O–H groups in total. The smallest absolute Gasteiger partial charge is 0.238 e. The molecule has 0 aliphatic rings. The van der Waals surface area contributed by atoms with Gasteiger partial charge in [0.05, 0.1) is 10.6 Å². The van der Waals surface area contributed by atoms with Gasteiger partial charge in [0.2, 0.25) is 10.0 Å². The Kier molecular flexibility index (Phi) is 4.55. The van der Waals surface area contributed by atoms with E-state index in [0.29, 0.717) is 11.6 Å². The van der Waals surface area contributed by atoms with Gasteiger partial charge in [-0.15, -0.1) is 0 Å². The molecule has 0 heterocycles. The van der Waals surface area contributed by atoms with Gasteiger partial charge in [-0.25, -0.2) is 13.6 Å². The molecule has 0 fully saturated rings. The van der Waals surface area contributed by atoms with E-state index in [1.807, 2.05) is 12.1 Å². The lowest BCUT2D eigenvalue weighted by atomic mass is 10.0. The van der Waals surface area contributed by atoms with Gasteiger partial charge < -0.3 is 0 Å². The Balaban J connectivity index is 2.14. The molecule has 2 aromatic rings. The van der Waals surface area contributed by atoms with Crippen LogP contribution in [0, 0.1) is 0 Å². The Morgan fingerprint density at radius 2 is 1.57 bits per heavy atom. The molecular formula is C16H18N2O2S. The van der Waals surface area contributed by atoms with Crippen molar-refractivity contribution in [2.24, 2.45) is 10.1 Å². The zero-order valence-electron chi connectivity index (χ0n) is 12.0. The first-order valence-corrected chi connectivity index (χ1v) is 8.18. The molecule has 0 unspecified atom stereocenters. The first-order valence-electron chi connectivity index (χ1n) is 6.63. The molecular weight excluding hydrogens is 284 g/mol. The van der Waals surface area contributed by atoms with Gasteiger partial charge in [-0.3, -0.25) is 4.99 Å². The molecule has 0 aliphatic heterocycles. The molecule has 0 atom stereocenters. The Morgan fingerprint density at radius 3 is 2.05 bits per heavy atom. The van der Waals surface area contributed by atoms with Crippen molar-refractivity contribution < 1.29 is 8.42 Å². The molecule has 0 aromatic heterocycles. The van der Waals surface area contributed by atoms with Gasteiger partial charge >= 0.3 is 0 Å². The van der Waals surface area contributed by atoms with E-state index < -0.39 is 10.0 Å². The van der Waals surface area contributed by atoms with Crippen LogP contribution in [0.1, 0.15) is 30.9 Å². The minimum atomic E-state index is -3.65. The molecule has 2 rings (SSSR count). The summed E-state index contributed by atoms with van der Waals surface area (Å²) < 4.78 is 22.3. The SMILES string of the molecule is CC(C)c1ccc(/C=N/c2ccc(S(N)(=O)=O)cc2)cc1. The monoisotopic (exact) mass is 302 g/mol. The topological polar surface area (TPSA) is 72.5 Å². The number of sulfonamides is 1. The summed E-state index contributed by atoms with van der Waals surface area (Å²) in [5.74, 6) is 0.502. The van der Waals surface area contributed by atoms with Crippen molar-refractivity contribution in [1.82, 2.24) is 0 Å². The van der Waals surface area contributed by atoms with Crippen molar-refractivity contribution in [3.8, 4) is 0 Å². The van der Waals surface area contributed by atoms with E-state index in [9.17, 15) is 8.42 Å². The number of nitrogens with two attached hydrogens (primary N) is 1. The zero-order chi connectivity index (χ0) is 15.5. The Hall–Kier alpha value is -1.98. The zero-order valence-corrected chi connectivity index (χ0v) is 12.8. The van der Waals surface area contributed by atoms with E-state index in [1.54, 1.807) is 18.3 Å². The van der Waals surface area contributed by atoms with Crippen molar-refractivity contribution in [1.29, 1.82) is 0 Å². The fourth-order valence-electron chi connectivity index (χ4n) is 1.84. The molecule has 4 nitrogen and oxygen atoms in total. The molecule has 5 heteroatoms. The summed E-state index contributed by atoms with van der Waals surface area (Å²) in [7, 11) is -3.65. The molecule has 0 spiro atoms. The lowest BCUT2D eigenvalue weighted by Gasteiger charge is -2.04. The molecule has 110 valence electrons. The number of primary sulfonamides is 1. The van der Waals surface area contributed by atoms with Crippen LogP contribution in [0.3, 0.4) is 0 Å². The van der Waals surface area contributed by atoms with Crippen LogP contribution in [0.5, 0.6) is 0 Å². The van der Waals surface area contributed by atoms with Crippen LogP contribution in [0.15, 0.2) is 58.4 Å². The normalized spacial score (nSPS) is 12.2. The predicted molar refractivity (Wildman–Crippen MR) is 85.6 cm³/mol. The van der Waals surface area contributed by atoms with Gasteiger partial charge in [0, 0.05) is 6.21 Å². The highest BCUT2D eigenvalue weighted by molar-refractivity contribution is 7.89. The summed E-state index contributed by atoms with van der Waals surface area (Å²) >= 11 is 0. The van der Waals surface area contributed by atoms with Crippen LogP contribution in [0.2, 0.25) is 0 Å². The maximum absolute atomic E-state index is 11.1. The molecule has 0 bridgehead atoms. The first-order chi connectivity index (χ1) is 9.86. The van der Waals surface area contributed by atoms with Gasteiger partial charge in [0.1, 0.15) is 0 Å². The van der Waals surface area contributed by atoms with Gasteiger partial charge in [0.25, 0.3) is 0 Å². The maximum Gasteiger partial charge on any atom is 0.238 e. The number of benzene rings is 2. The molecule has 0 aliphatic carbocycles. The summed E-state index contributed by atoms with van der Waals surface area (Å²) in [6.07, 6.45) is 1.75. The van der Waals surface area contributed by atoms with E-state index in [2.05, 4.69) is 31.0 Å². The second-order valence-corrected chi connectivity index (χ2v) is 6.68. The summed E-state index contributed by atoms with van der Waals surface area (Å²) in [6.45, 7) is 4.30. The summed E-state index contributed by atoms with van der Waals surface area (Å²) in [5.41, 5.74) is 2.95. The van der Waals surface area contributed by atoms with Gasteiger partial charge in [-0.05, 0) is 41.3 Å². The van der Waals surface area contributed by atoms with Crippen LogP contribution < -0.4 is 5.14 Å². The van der Waals surface area contributed by atoms with Gasteiger partial charge in [-0.2, -0.15) is 0 Å². The number of nitrogens with zero attached hydrogens (tertiary/aromatic N) is 1. The summed E-state index contributed by atoms with van der Waals surface area (Å²) in [5, 5.41) is 5.04. The van der Waals surface area contributed by atoms with Crippen molar-refractivity contribution in [3.63, 3.8) is 0 Å². The molecule has 0 amide bonds. The van der Waals surface area contributed by atoms with E-state index in [4.69, 9.17) is 5.14 Å². The van der Waals surface area contributed by atoms with Crippen molar-refractivity contribution in [2.45, 2.75) is 24.7 Å². The third-order valence-corrected chi connectivity index (χ3v) is 4.06. The van der Waals surface area contributed by atoms with Crippen LogP contribution in [-0.4, -0.2) is 14.6 Å². The molecule has 0 radical (unpaired) electrons. The Bertz CT molecular complexity index is 731. The van der Waals surface area contributed by atoms with Gasteiger partial charge in [-0.1, -0.05) is 38.1 Å². The predicted octanol–water partition coefficient (Wildman–Crippen LogP) is 3.21. The average Bonchev–Trinajstić information content (AvgIpc) is 2.45. The Labute approximate surface area is 125 Å². The van der Waals surface area contributed by atoms with Crippen LogP contribution in [-0.2, 0) is 10.0 Å². The minimum absolute atomic E-state index is 0.0859.